The van der Waals surface area contributed by atoms with Crippen LogP contribution in [0.5, 0.6) is 5.75 Å². The summed E-state index contributed by atoms with van der Waals surface area (Å²) in [6.45, 7) is 13.1. The molecule has 0 bridgehead atoms. The summed E-state index contributed by atoms with van der Waals surface area (Å²) in [5.41, 5.74) is 3.29. The van der Waals surface area contributed by atoms with E-state index in [1.54, 1.807) is 28.9 Å². The molecule has 0 fully saturated rings. The lowest BCUT2D eigenvalue weighted by Gasteiger charge is -2.22. The van der Waals surface area contributed by atoms with E-state index in [1.165, 1.54) is 4.90 Å². The van der Waals surface area contributed by atoms with E-state index in [1.807, 2.05) is 51.1 Å². The minimum Gasteiger partial charge on any atom is -0.494 e. The zero-order chi connectivity index (χ0) is 26.3. The number of urea groups is 1. The molecular weight excluding hydrogens is 454 g/mol. The average Bonchev–Trinajstić information content (AvgIpc) is 3.25. The highest BCUT2D eigenvalue weighted by Gasteiger charge is 2.23. The van der Waals surface area contributed by atoms with Crippen LogP contribution < -0.4 is 15.4 Å². The molecule has 0 atom stereocenters. The Labute approximate surface area is 213 Å². The smallest absolute Gasteiger partial charge is 0.322 e. The summed E-state index contributed by atoms with van der Waals surface area (Å²) >= 11 is 0. The molecule has 0 aliphatic rings. The maximum absolute atomic E-state index is 13.1. The van der Waals surface area contributed by atoms with Crippen molar-refractivity contribution in [2.75, 3.05) is 30.3 Å². The third-order valence-electron chi connectivity index (χ3n) is 5.56. The second kappa shape index (κ2) is 11.7. The summed E-state index contributed by atoms with van der Waals surface area (Å²) in [4.78, 5) is 27.5. The molecule has 0 spiro atoms. The molecule has 2 aromatic carbocycles. The largest absolute Gasteiger partial charge is 0.494 e. The standard InChI is InChI=1S/C28H37N5O3/c1-7-17-32(27(35)29-21-11-15-23(16-12-21)36-8-2)19-26(34)30-25-18-24(28(4,5)6)31-33(25)22-13-9-20(3)10-14-22/h9-16,18H,7-8,17,19H2,1-6H3,(H,29,35)(H,30,34). The summed E-state index contributed by atoms with van der Waals surface area (Å²) < 4.78 is 7.19. The fraction of sp³-hybridized carbons (Fsp3) is 0.393. The topological polar surface area (TPSA) is 88.5 Å². The van der Waals surface area contributed by atoms with Gasteiger partial charge in [-0.3, -0.25) is 4.79 Å². The second-order valence-electron chi connectivity index (χ2n) is 9.77. The van der Waals surface area contributed by atoms with Crippen molar-refractivity contribution >= 4 is 23.4 Å². The number of aryl methyl sites for hydroxylation is 1. The van der Waals surface area contributed by atoms with Crippen LogP contribution in [0.3, 0.4) is 0 Å². The first-order valence-electron chi connectivity index (χ1n) is 12.4. The van der Waals surface area contributed by atoms with Gasteiger partial charge in [-0.2, -0.15) is 5.10 Å². The van der Waals surface area contributed by atoms with Crippen molar-refractivity contribution in [1.82, 2.24) is 14.7 Å². The minimum atomic E-state index is -0.335. The number of aromatic nitrogens is 2. The molecular formula is C28H37N5O3. The fourth-order valence-electron chi connectivity index (χ4n) is 3.60. The van der Waals surface area contributed by atoms with Gasteiger partial charge in [0.25, 0.3) is 0 Å². The number of carbonyl (C=O) groups excluding carboxylic acids is 2. The predicted octanol–water partition coefficient (Wildman–Crippen LogP) is 5.76. The van der Waals surface area contributed by atoms with E-state index in [2.05, 4.69) is 31.4 Å². The van der Waals surface area contributed by atoms with Gasteiger partial charge < -0.3 is 20.3 Å². The zero-order valence-corrected chi connectivity index (χ0v) is 22.1. The summed E-state index contributed by atoms with van der Waals surface area (Å²) in [5.74, 6) is 1.01. The van der Waals surface area contributed by atoms with E-state index in [9.17, 15) is 9.59 Å². The monoisotopic (exact) mass is 491 g/mol. The first-order valence-corrected chi connectivity index (χ1v) is 12.4. The number of rotatable bonds is 9. The van der Waals surface area contributed by atoms with Crippen LogP contribution in [0.2, 0.25) is 0 Å². The molecule has 3 rings (SSSR count). The van der Waals surface area contributed by atoms with Crippen LogP contribution >= 0.6 is 0 Å². The molecule has 0 aliphatic heterocycles. The van der Waals surface area contributed by atoms with Crippen molar-refractivity contribution in [2.24, 2.45) is 0 Å². The molecule has 3 aromatic rings. The molecule has 1 heterocycles. The van der Waals surface area contributed by atoms with Crippen LogP contribution in [0, 0.1) is 6.92 Å². The number of amides is 3. The van der Waals surface area contributed by atoms with E-state index < -0.39 is 0 Å². The number of anilines is 2. The molecule has 1 aromatic heterocycles. The lowest BCUT2D eigenvalue weighted by molar-refractivity contribution is -0.116. The summed E-state index contributed by atoms with van der Waals surface area (Å²) in [6, 6.07) is 16.7. The summed E-state index contributed by atoms with van der Waals surface area (Å²) in [5, 5.41) is 10.6. The van der Waals surface area contributed by atoms with E-state index in [0.29, 0.717) is 24.7 Å². The number of carbonyl (C=O) groups is 2. The molecule has 36 heavy (non-hydrogen) atoms. The first-order chi connectivity index (χ1) is 17.1. The number of hydrogen-bond donors (Lipinski definition) is 2. The molecule has 0 unspecified atom stereocenters. The predicted molar refractivity (Wildman–Crippen MR) is 144 cm³/mol. The number of benzene rings is 2. The Kier molecular flexibility index (Phi) is 8.74. The highest BCUT2D eigenvalue weighted by Crippen LogP contribution is 2.26. The molecule has 8 heteroatoms. The molecule has 3 amide bonds. The number of hydrogen-bond acceptors (Lipinski definition) is 4. The Hall–Kier alpha value is -3.81. The highest BCUT2D eigenvalue weighted by molar-refractivity contribution is 5.96. The van der Waals surface area contributed by atoms with Gasteiger partial charge in [0, 0.05) is 23.7 Å². The fourth-order valence-corrected chi connectivity index (χ4v) is 3.60. The Bertz CT molecular complexity index is 1160. The van der Waals surface area contributed by atoms with Crippen molar-refractivity contribution in [3.63, 3.8) is 0 Å². The van der Waals surface area contributed by atoms with Crippen molar-refractivity contribution < 1.29 is 14.3 Å². The Morgan fingerprint density at radius 2 is 1.67 bits per heavy atom. The maximum Gasteiger partial charge on any atom is 0.322 e. The van der Waals surface area contributed by atoms with Gasteiger partial charge in [-0.25, -0.2) is 9.48 Å². The Balaban J connectivity index is 1.75. The van der Waals surface area contributed by atoms with Crippen LogP contribution in [0.1, 0.15) is 52.3 Å². The number of ether oxygens (including phenoxy) is 1. The quantitative estimate of drug-likeness (QED) is 0.398. The molecule has 192 valence electrons. The lowest BCUT2D eigenvalue weighted by atomic mass is 9.92. The Morgan fingerprint density at radius 3 is 2.25 bits per heavy atom. The van der Waals surface area contributed by atoms with Crippen molar-refractivity contribution in [1.29, 1.82) is 0 Å². The molecule has 0 aliphatic carbocycles. The molecule has 2 N–H and O–H groups in total. The van der Waals surface area contributed by atoms with E-state index in [4.69, 9.17) is 9.84 Å². The molecule has 0 saturated carbocycles. The zero-order valence-electron chi connectivity index (χ0n) is 22.1. The normalized spacial score (nSPS) is 11.2. The van der Waals surface area contributed by atoms with Gasteiger partial charge >= 0.3 is 6.03 Å². The molecule has 0 saturated heterocycles. The van der Waals surface area contributed by atoms with Crippen molar-refractivity contribution in [3.05, 3.63) is 65.9 Å². The molecule has 8 nitrogen and oxygen atoms in total. The average molecular weight is 492 g/mol. The van der Waals surface area contributed by atoms with Gasteiger partial charge in [-0.05, 0) is 56.7 Å². The second-order valence-corrected chi connectivity index (χ2v) is 9.77. The summed E-state index contributed by atoms with van der Waals surface area (Å²) in [6.07, 6.45) is 0.722. The van der Waals surface area contributed by atoms with Crippen LogP contribution in [0.25, 0.3) is 5.69 Å². The van der Waals surface area contributed by atoms with Crippen LogP contribution in [0.4, 0.5) is 16.3 Å². The van der Waals surface area contributed by atoms with Gasteiger partial charge in [0.05, 0.1) is 18.0 Å². The maximum atomic E-state index is 13.1. The Morgan fingerprint density at radius 1 is 1.00 bits per heavy atom. The molecule has 0 radical (unpaired) electrons. The van der Waals surface area contributed by atoms with Crippen LogP contribution in [-0.2, 0) is 10.2 Å². The van der Waals surface area contributed by atoms with Gasteiger partial charge in [-0.15, -0.1) is 0 Å². The van der Waals surface area contributed by atoms with Gasteiger partial charge in [-0.1, -0.05) is 45.4 Å². The van der Waals surface area contributed by atoms with Crippen molar-refractivity contribution in [3.8, 4) is 11.4 Å². The van der Waals surface area contributed by atoms with E-state index >= 15 is 0 Å². The highest BCUT2D eigenvalue weighted by atomic mass is 16.5. The third kappa shape index (κ3) is 7.10. The van der Waals surface area contributed by atoms with Gasteiger partial charge in [0.1, 0.15) is 18.1 Å². The van der Waals surface area contributed by atoms with Crippen LogP contribution in [-0.4, -0.2) is 46.3 Å². The van der Waals surface area contributed by atoms with Crippen LogP contribution in [0.15, 0.2) is 54.6 Å². The first kappa shape index (κ1) is 26.8. The van der Waals surface area contributed by atoms with Gasteiger partial charge in [0.15, 0.2) is 0 Å². The SMILES string of the molecule is CCCN(CC(=O)Nc1cc(C(C)(C)C)nn1-c1ccc(C)cc1)C(=O)Nc1ccc(OCC)cc1. The third-order valence-corrected chi connectivity index (χ3v) is 5.56. The number of nitrogens with zero attached hydrogens (tertiary/aromatic N) is 3. The lowest BCUT2D eigenvalue weighted by Crippen LogP contribution is -2.41. The van der Waals surface area contributed by atoms with Crippen molar-refractivity contribution in [2.45, 2.75) is 53.4 Å². The minimum absolute atomic E-state index is 0.0827. The van der Waals surface area contributed by atoms with Gasteiger partial charge in [0.2, 0.25) is 5.91 Å². The van der Waals surface area contributed by atoms with E-state index in [-0.39, 0.29) is 23.9 Å². The van der Waals surface area contributed by atoms with E-state index in [0.717, 1.165) is 29.1 Å². The number of nitrogens with one attached hydrogen (secondary N) is 2. The summed E-state index contributed by atoms with van der Waals surface area (Å²) in [7, 11) is 0.